The van der Waals surface area contributed by atoms with Crippen LogP contribution in [0, 0.1) is 6.92 Å². The molecule has 0 fully saturated rings. The number of aromatic hydroxyl groups is 2. The maximum absolute atomic E-state index is 10.1. The van der Waals surface area contributed by atoms with Crippen molar-refractivity contribution in [2.75, 3.05) is 0 Å². The molecule has 4 N–H and O–H groups in total. The number of benzene rings is 1. The quantitative estimate of drug-likeness (QED) is 0.487. The van der Waals surface area contributed by atoms with E-state index in [0.717, 1.165) is 5.57 Å². The van der Waals surface area contributed by atoms with Crippen LogP contribution in [0.5, 0.6) is 11.5 Å². The zero-order chi connectivity index (χ0) is 13.9. The second-order valence-electron chi connectivity index (χ2n) is 4.56. The molecule has 0 saturated carbocycles. The molecule has 0 bridgehead atoms. The summed E-state index contributed by atoms with van der Waals surface area (Å²) in [6, 6.07) is 0. The molecule has 0 aliphatic rings. The molecule has 100 valence electrons. The summed E-state index contributed by atoms with van der Waals surface area (Å²) in [7, 11) is 0. The molecule has 0 spiro atoms. The number of aliphatic hydroxyl groups is 2. The van der Waals surface area contributed by atoms with E-state index in [1.807, 2.05) is 19.9 Å². The Hall–Kier alpha value is -1.52. The van der Waals surface area contributed by atoms with Gasteiger partial charge >= 0.3 is 0 Å². The van der Waals surface area contributed by atoms with Crippen molar-refractivity contribution in [3.8, 4) is 11.5 Å². The van der Waals surface area contributed by atoms with Gasteiger partial charge in [-0.3, -0.25) is 0 Å². The van der Waals surface area contributed by atoms with E-state index >= 15 is 0 Å². The van der Waals surface area contributed by atoms with E-state index in [4.69, 9.17) is 0 Å². The minimum atomic E-state index is -0.419. The van der Waals surface area contributed by atoms with Crippen molar-refractivity contribution in [2.24, 2.45) is 0 Å². The van der Waals surface area contributed by atoms with Gasteiger partial charge in [-0.2, -0.15) is 0 Å². The Morgan fingerprint density at radius 2 is 1.44 bits per heavy atom. The molecule has 1 aromatic carbocycles. The Morgan fingerprint density at radius 1 is 0.944 bits per heavy atom. The molecule has 4 heteroatoms. The average molecular weight is 252 g/mol. The van der Waals surface area contributed by atoms with Crippen LogP contribution in [0.1, 0.15) is 36.1 Å². The molecular weight excluding hydrogens is 232 g/mol. The molecule has 1 rings (SSSR count). The first-order valence-corrected chi connectivity index (χ1v) is 5.84. The maximum atomic E-state index is 10.1. The summed E-state index contributed by atoms with van der Waals surface area (Å²) >= 11 is 0. The molecule has 0 atom stereocenters. The Bertz CT molecular complexity index is 471. The molecule has 0 aliphatic heterocycles. The highest BCUT2D eigenvalue weighted by Crippen LogP contribution is 2.37. The molecule has 0 aromatic heterocycles. The lowest BCUT2D eigenvalue weighted by atomic mass is 9.94. The summed E-state index contributed by atoms with van der Waals surface area (Å²) in [5.41, 5.74) is 2.59. The van der Waals surface area contributed by atoms with Crippen molar-refractivity contribution in [1.29, 1.82) is 0 Å². The fourth-order valence-electron chi connectivity index (χ4n) is 1.91. The Balaban J connectivity index is 3.44. The SMILES string of the molecule is CC(C)=CCc1c(C)c(O)c(CO)c(CO)c1O. The van der Waals surface area contributed by atoms with Gasteiger partial charge in [0.2, 0.25) is 0 Å². The summed E-state index contributed by atoms with van der Waals surface area (Å²) in [5, 5.41) is 38.5. The van der Waals surface area contributed by atoms with Crippen molar-refractivity contribution in [2.45, 2.75) is 40.4 Å². The monoisotopic (exact) mass is 252 g/mol. The highest BCUT2D eigenvalue weighted by atomic mass is 16.3. The van der Waals surface area contributed by atoms with Gasteiger partial charge in [0, 0.05) is 16.7 Å². The lowest BCUT2D eigenvalue weighted by Crippen LogP contribution is -2.02. The van der Waals surface area contributed by atoms with Crippen molar-refractivity contribution in [1.82, 2.24) is 0 Å². The predicted molar refractivity (Wildman–Crippen MR) is 69.5 cm³/mol. The second kappa shape index (κ2) is 5.89. The van der Waals surface area contributed by atoms with Gasteiger partial charge in [0.1, 0.15) is 11.5 Å². The van der Waals surface area contributed by atoms with Gasteiger partial charge in [-0.15, -0.1) is 0 Å². The normalized spacial score (nSPS) is 10.5. The van der Waals surface area contributed by atoms with Crippen molar-refractivity contribution in [3.05, 3.63) is 33.9 Å². The standard InChI is InChI=1S/C14H20O4/c1-8(2)4-5-10-9(3)13(17)11(6-15)12(7-16)14(10)18/h4,15-18H,5-7H2,1-3H3. The predicted octanol–water partition coefficient (Wildman–Crippen LogP) is 1.90. The fourth-order valence-corrected chi connectivity index (χ4v) is 1.91. The maximum Gasteiger partial charge on any atom is 0.125 e. The average Bonchev–Trinajstić information content (AvgIpc) is 2.32. The molecular formula is C14H20O4. The summed E-state index contributed by atoms with van der Waals surface area (Å²) in [5.74, 6) is -0.106. The lowest BCUT2D eigenvalue weighted by molar-refractivity contribution is 0.249. The van der Waals surface area contributed by atoms with E-state index in [9.17, 15) is 20.4 Å². The van der Waals surface area contributed by atoms with Gasteiger partial charge < -0.3 is 20.4 Å². The van der Waals surface area contributed by atoms with E-state index < -0.39 is 13.2 Å². The Labute approximate surface area is 107 Å². The number of aliphatic hydroxyl groups excluding tert-OH is 2. The van der Waals surface area contributed by atoms with Crippen molar-refractivity contribution >= 4 is 0 Å². The van der Waals surface area contributed by atoms with Gasteiger partial charge in [0.15, 0.2) is 0 Å². The van der Waals surface area contributed by atoms with Crippen molar-refractivity contribution in [3.63, 3.8) is 0 Å². The van der Waals surface area contributed by atoms with Crippen LogP contribution in [0.2, 0.25) is 0 Å². The van der Waals surface area contributed by atoms with E-state index in [-0.39, 0.29) is 22.6 Å². The Kier molecular flexibility index (Phi) is 4.76. The Morgan fingerprint density at radius 3 is 1.89 bits per heavy atom. The first-order valence-electron chi connectivity index (χ1n) is 5.84. The largest absolute Gasteiger partial charge is 0.507 e. The smallest absolute Gasteiger partial charge is 0.125 e. The van der Waals surface area contributed by atoms with Crippen LogP contribution in [-0.2, 0) is 19.6 Å². The third-order valence-electron chi connectivity index (χ3n) is 3.06. The molecule has 1 aromatic rings. The van der Waals surface area contributed by atoms with E-state index in [0.29, 0.717) is 17.5 Å². The molecule has 0 saturated heterocycles. The summed E-state index contributed by atoms with van der Waals surface area (Å²) in [4.78, 5) is 0. The van der Waals surface area contributed by atoms with Gasteiger partial charge in [-0.1, -0.05) is 11.6 Å². The molecule has 4 nitrogen and oxygen atoms in total. The zero-order valence-corrected chi connectivity index (χ0v) is 11.0. The minimum absolute atomic E-state index is 0.0469. The second-order valence-corrected chi connectivity index (χ2v) is 4.56. The number of allylic oxidation sites excluding steroid dienone is 2. The summed E-state index contributed by atoms with van der Waals surface area (Å²) in [6.45, 7) is 4.74. The molecule has 18 heavy (non-hydrogen) atoms. The van der Waals surface area contributed by atoms with Gasteiger partial charge in [0.05, 0.1) is 13.2 Å². The lowest BCUT2D eigenvalue weighted by Gasteiger charge is -2.17. The first-order chi connectivity index (χ1) is 8.43. The molecule has 0 radical (unpaired) electrons. The van der Waals surface area contributed by atoms with Crippen LogP contribution >= 0.6 is 0 Å². The van der Waals surface area contributed by atoms with Crippen LogP contribution in [0.3, 0.4) is 0 Å². The number of phenols is 2. The molecule has 0 unspecified atom stereocenters. The number of hydrogen-bond donors (Lipinski definition) is 4. The summed E-state index contributed by atoms with van der Waals surface area (Å²) in [6.07, 6.45) is 2.41. The highest BCUT2D eigenvalue weighted by Gasteiger charge is 2.19. The topological polar surface area (TPSA) is 80.9 Å². The van der Waals surface area contributed by atoms with Crippen LogP contribution in [0.25, 0.3) is 0 Å². The fraction of sp³-hybridized carbons (Fsp3) is 0.429. The molecule has 0 amide bonds. The van der Waals surface area contributed by atoms with Crippen LogP contribution < -0.4 is 0 Å². The van der Waals surface area contributed by atoms with E-state index in [1.54, 1.807) is 6.92 Å². The third-order valence-corrected chi connectivity index (χ3v) is 3.06. The number of hydrogen-bond acceptors (Lipinski definition) is 4. The van der Waals surface area contributed by atoms with Gasteiger partial charge in [-0.05, 0) is 32.8 Å². The van der Waals surface area contributed by atoms with E-state index in [2.05, 4.69) is 0 Å². The third kappa shape index (κ3) is 2.66. The van der Waals surface area contributed by atoms with Crippen LogP contribution in [-0.4, -0.2) is 20.4 Å². The zero-order valence-electron chi connectivity index (χ0n) is 11.0. The first kappa shape index (κ1) is 14.5. The van der Waals surface area contributed by atoms with Gasteiger partial charge in [0.25, 0.3) is 0 Å². The van der Waals surface area contributed by atoms with Crippen LogP contribution in [0.15, 0.2) is 11.6 Å². The van der Waals surface area contributed by atoms with Crippen molar-refractivity contribution < 1.29 is 20.4 Å². The molecule has 0 aliphatic carbocycles. The van der Waals surface area contributed by atoms with Crippen LogP contribution in [0.4, 0.5) is 0 Å². The molecule has 0 heterocycles. The van der Waals surface area contributed by atoms with E-state index in [1.165, 1.54) is 0 Å². The summed E-state index contributed by atoms with van der Waals surface area (Å²) < 4.78 is 0. The number of rotatable bonds is 4. The van der Waals surface area contributed by atoms with Gasteiger partial charge in [-0.25, -0.2) is 0 Å². The minimum Gasteiger partial charge on any atom is -0.507 e. The highest BCUT2D eigenvalue weighted by molar-refractivity contribution is 5.57.